The molecule has 1 fully saturated rings. The number of carbonyl (C=O) groups excluding carboxylic acids is 1. The van der Waals surface area contributed by atoms with Crippen molar-refractivity contribution in [2.24, 2.45) is 5.41 Å². The third-order valence-corrected chi connectivity index (χ3v) is 2.58. The maximum absolute atomic E-state index is 11.5. The third kappa shape index (κ3) is 1.91. The number of hydrogen-bond acceptors (Lipinski definition) is 3. The van der Waals surface area contributed by atoms with Crippen LogP contribution in [0, 0.1) is 5.41 Å². The molecule has 0 spiro atoms. The molecule has 1 atom stereocenters. The zero-order chi connectivity index (χ0) is 9.90. The Morgan fingerprint density at radius 3 is 2.69 bits per heavy atom. The van der Waals surface area contributed by atoms with E-state index in [0.29, 0.717) is 13.0 Å². The van der Waals surface area contributed by atoms with E-state index in [-0.39, 0.29) is 5.97 Å². The van der Waals surface area contributed by atoms with Crippen LogP contribution in [-0.2, 0) is 14.3 Å². The topological polar surface area (TPSA) is 35.5 Å². The molecular weight excluding hydrogens is 168 g/mol. The minimum absolute atomic E-state index is 0.173. The molecule has 0 aliphatic heterocycles. The van der Waals surface area contributed by atoms with Gasteiger partial charge in [-0.25, -0.2) is 0 Å². The van der Waals surface area contributed by atoms with Crippen molar-refractivity contribution in [3.8, 4) is 0 Å². The highest BCUT2D eigenvalue weighted by molar-refractivity contribution is 5.78. The number of carbonyl (C=O) groups is 1. The molecular formula is C10H16O3. The van der Waals surface area contributed by atoms with Crippen molar-refractivity contribution >= 4 is 5.97 Å². The molecule has 13 heavy (non-hydrogen) atoms. The minimum Gasteiger partial charge on any atom is -0.469 e. The minimum atomic E-state index is -0.458. The largest absolute Gasteiger partial charge is 0.469 e. The second-order valence-electron chi connectivity index (χ2n) is 3.63. The summed E-state index contributed by atoms with van der Waals surface area (Å²) >= 11 is 0. The Bertz CT molecular complexity index is 222. The predicted molar refractivity (Wildman–Crippen MR) is 49.3 cm³/mol. The monoisotopic (exact) mass is 184 g/mol. The van der Waals surface area contributed by atoms with Gasteiger partial charge in [0.2, 0.25) is 0 Å². The molecule has 0 saturated heterocycles. The molecule has 74 valence electrons. The van der Waals surface area contributed by atoms with E-state index in [1.54, 1.807) is 7.11 Å². The molecule has 3 nitrogen and oxygen atoms in total. The lowest BCUT2D eigenvalue weighted by Crippen LogP contribution is -2.33. The van der Waals surface area contributed by atoms with Crippen LogP contribution >= 0.6 is 0 Å². The summed E-state index contributed by atoms with van der Waals surface area (Å²) in [6, 6.07) is 0. The molecule has 0 aromatic carbocycles. The van der Waals surface area contributed by atoms with Crippen LogP contribution in [0.3, 0.4) is 0 Å². The maximum Gasteiger partial charge on any atom is 0.314 e. The zero-order valence-electron chi connectivity index (χ0n) is 8.26. The van der Waals surface area contributed by atoms with Gasteiger partial charge in [0.15, 0.2) is 0 Å². The quantitative estimate of drug-likeness (QED) is 0.493. The first-order chi connectivity index (χ1) is 6.14. The molecule has 3 heteroatoms. The van der Waals surface area contributed by atoms with E-state index in [1.165, 1.54) is 7.11 Å². The summed E-state index contributed by atoms with van der Waals surface area (Å²) in [6.07, 6.45) is 2.40. The smallest absolute Gasteiger partial charge is 0.314 e. The third-order valence-electron chi connectivity index (χ3n) is 2.58. The normalized spacial score (nSPS) is 27.7. The number of rotatable bonds is 3. The molecule has 1 saturated carbocycles. The highest BCUT2D eigenvalue weighted by Crippen LogP contribution is 2.41. The van der Waals surface area contributed by atoms with Crippen LogP contribution in [0.1, 0.15) is 19.3 Å². The first-order valence-corrected chi connectivity index (χ1v) is 4.38. The maximum atomic E-state index is 11.5. The summed E-state index contributed by atoms with van der Waals surface area (Å²) < 4.78 is 9.84. The first-order valence-electron chi connectivity index (χ1n) is 4.38. The molecule has 0 heterocycles. The van der Waals surface area contributed by atoms with Gasteiger partial charge in [-0.2, -0.15) is 0 Å². The summed E-state index contributed by atoms with van der Waals surface area (Å²) in [5.74, 6) is -0.173. The van der Waals surface area contributed by atoms with Crippen LogP contribution in [0.15, 0.2) is 12.2 Å². The van der Waals surface area contributed by atoms with Gasteiger partial charge in [0, 0.05) is 7.11 Å². The van der Waals surface area contributed by atoms with E-state index >= 15 is 0 Å². The van der Waals surface area contributed by atoms with Gasteiger partial charge < -0.3 is 9.47 Å². The highest BCUT2D eigenvalue weighted by atomic mass is 16.5. The van der Waals surface area contributed by atoms with E-state index in [2.05, 4.69) is 6.58 Å². The van der Waals surface area contributed by atoms with Crippen molar-refractivity contribution in [1.82, 2.24) is 0 Å². The average Bonchev–Trinajstić information content (AvgIpc) is 2.48. The number of hydrogen-bond donors (Lipinski definition) is 0. The fourth-order valence-electron chi connectivity index (χ4n) is 1.92. The molecule has 0 amide bonds. The van der Waals surface area contributed by atoms with Crippen molar-refractivity contribution in [2.45, 2.75) is 19.3 Å². The van der Waals surface area contributed by atoms with Crippen LogP contribution in [0.4, 0.5) is 0 Å². The van der Waals surface area contributed by atoms with Crippen molar-refractivity contribution in [1.29, 1.82) is 0 Å². The van der Waals surface area contributed by atoms with Crippen molar-refractivity contribution < 1.29 is 14.3 Å². The van der Waals surface area contributed by atoms with Crippen LogP contribution in [0.5, 0.6) is 0 Å². The van der Waals surface area contributed by atoms with Crippen molar-refractivity contribution in [3.63, 3.8) is 0 Å². The molecule has 0 aromatic rings. The Labute approximate surface area is 78.7 Å². The van der Waals surface area contributed by atoms with Gasteiger partial charge in [-0.3, -0.25) is 4.79 Å². The lowest BCUT2D eigenvalue weighted by atomic mass is 9.87. The highest BCUT2D eigenvalue weighted by Gasteiger charge is 2.43. The molecule has 0 radical (unpaired) electrons. The standard InChI is InChI=1S/C10H16O3/c1-8-4-5-10(6-8,7-12-2)9(11)13-3/h1,4-7H2,2-3H3. The van der Waals surface area contributed by atoms with Crippen molar-refractivity contribution in [2.75, 3.05) is 20.8 Å². The second-order valence-corrected chi connectivity index (χ2v) is 3.63. The van der Waals surface area contributed by atoms with Crippen molar-refractivity contribution in [3.05, 3.63) is 12.2 Å². The lowest BCUT2D eigenvalue weighted by molar-refractivity contribution is -0.155. The number of allylic oxidation sites excluding steroid dienone is 1. The summed E-state index contributed by atoms with van der Waals surface area (Å²) in [5.41, 5.74) is 0.656. The fraction of sp³-hybridized carbons (Fsp3) is 0.700. The van der Waals surface area contributed by atoms with E-state index in [1.807, 2.05) is 0 Å². The summed E-state index contributed by atoms with van der Waals surface area (Å²) in [6.45, 7) is 4.31. The van der Waals surface area contributed by atoms with Crippen LogP contribution in [0.25, 0.3) is 0 Å². The summed E-state index contributed by atoms with van der Waals surface area (Å²) in [7, 11) is 3.02. The van der Waals surface area contributed by atoms with E-state index in [4.69, 9.17) is 9.47 Å². The summed E-state index contributed by atoms with van der Waals surface area (Å²) in [4.78, 5) is 11.5. The van der Waals surface area contributed by atoms with Gasteiger partial charge in [0.25, 0.3) is 0 Å². The van der Waals surface area contributed by atoms with E-state index in [0.717, 1.165) is 18.4 Å². The molecule has 1 rings (SSSR count). The molecule has 0 bridgehead atoms. The summed E-state index contributed by atoms with van der Waals surface area (Å²) in [5, 5.41) is 0. The number of methoxy groups -OCH3 is 2. The molecule has 1 aliphatic rings. The Morgan fingerprint density at radius 1 is 1.62 bits per heavy atom. The van der Waals surface area contributed by atoms with Crippen LogP contribution in [-0.4, -0.2) is 26.8 Å². The Morgan fingerprint density at radius 2 is 2.31 bits per heavy atom. The van der Waals surface area contributed by atoms with Gasteiger partial charge in [0.1, 0.15) is 0 Å². The van der Waals surface area contributed by atoms with Gasteiger partial charge in [-0.15, -0.1) is 0 Å². The molecule has 1 aliphatic carbocycles. The molecule has 0 N–H and O–H groups in total. The zero-order valence-corrected chi connectivity index (χ0v) is 8.26. The van der Waals surface area contributed by atoms with Gasteiger partial charge in [-0.1, -0.05) is 12.2 Å². The SMILES string of the molecule is C=C1CCC(COC)(C(=O)OC)C1. The Kier molecular flexibility index (Phi) is 3.09. The van der Waals surface area contributed by atoms with Gasteiger partial charge >= 0.3 is 5.97 Å². The number of esters is 1. The fourth-order valence-corrected chi connectivity index (χ4v) is 1.92. The predicted octanol–water partition coefficient (Wildman–Crippen LogP) is 1.53. The van der Waals surface area contributed by atoms with Gasteiger partial charge in [-0.05, 0) is 19.3 Å². The molecule has 1 unspecified atom stereocenters. The van der Waals surface area contributed by atoms with Crippen LogP contribution < -0.4 is 0 Å². The molecule has 0 aromatic heterocycles. The number of ether oxygens (including phenoxy) is 2. The van der Waals surface area contributed by atoms with Crippen LogP contribution in [0.2, 0.25) is 0 Å². The Hall–Kier alpha value is -0.830. The Balaban J connectivity index is 2.76. The van der Waals surface area contributed by atoms with E-state index in [9.17, 15) is 4.79 Å². The lowest BCUT2D eigenvalue weighted by Gasteiger charge is -2.24. The second kappa shape index (κ2) is 3.92. The van der Waals surface area contributed by atoms with E-state index < -0.39 is 5.41 Å². The average molecular weight is 184 g/mol. The first kappa shape index (κ1) is 10.3. The van der Waals surface area contributed by atoms with Gasteiger partial charge in [0.05, 0.1) is 19.1 Å².